The highest BCUT2D eigenvalue weighted by Crippen LogP contribution is 2.17. The van der Waals surface area contributed by atoms with Gasteiger partial charge in [-0.2, -0.15) is 0 Å². The van der Waals surface area contributed by atoms with Crippen LogP contribution in [0.15, 0.2) is 48.5 Å². The van der Waals surface area contributed by atoms with Crippen molar-refractivity contribution in [3.63, 3.8) is 0 Å². The van der Waals surface area contributed by atoms with E-state index in [1.54, 1.807) is 37.4 Å². The number of benzene rings is 2. The number of hydrogen-bond acceptors (Lipinski definition) is 4. The Morgan fingerprint density at radius 1 is 1.07 bits per heavy atom. The smallest absolute Gasteiger partial charge is 0.239 e. The van der Waals surface area contributed by atoms with Crippen molar-refractivity contribution in [2.24, 2.45) is 0 Å². The average molecular weight is 391 g/mol. The lowest BCUT2D eigenvalue weighted by Crippen LogP contribution is -2.40. The zero-order chi connectivity index (χ0) is 19.6. The van der Waals surface area contributed by atoms with Crippen molar-refractivity contribution in [1.82, 2.24) is 10.2 Å². The topological polar surface area (TPSA) is 67.9 Å². The van der Waals surface area contributed by atoms with Gasteiger partial charge in [0.2, 0.25) is 11.8 Å². The highest BCUT2D eigenvalue weighted by molar-refractivity contribution is 6.31. The third-order valence-corrected chi connectivity index (χ3v) is 4.22. The fourth-order valence-corrected chi connectivity index (χ4v) is 2.57. The first-order valence-electron chi connectivity index (χ1n) is 8.52. The molecule has 0 aliphatic heterocycles. The first-order chi connectivity index (χ1) is 13.0. The van der Waals surface area contributed by atoms with Crippen molar-refractivity contribution in [2.45, 2.75) is 13.5 Å². The lowest BCUT2D eigenvalue weighted by molar-refractivity contribution is -0.134. The Hall–Kier alpha value is -2.73. The molecule has 144 valence electrons. The maximum atomic E-state index is 12.1. The Balaban J connectivity index is 1.76. The van der Waals surface area contributed by atoms with E-state index in [0.29, 0.717) is 23.9 Å². The molecule has 0 heterocycles. The summed E-state index contributed by atoms with van der Waals surface area (Å²) in [5.74, 6) is 0.989. The maximum absolute atomic E-state index is 12.1. The molecule has 0 saturated carbocycles. The predicted molar refractivity (Wildman–Crippen MR) is 104 cm³/mol. The largest absolute Gasteiger partial charge is 0.497 e. The minimum atomic E-state index is -0.254. The van der Waals surface area contributed by atoms with Gasteiger partial charge in [0.25, 0.3) is 0 Å². The van der Waals surface area contributed by atoms with E-state index in [2.05, 4.69) is 5.32 Å². The fraction of sp³-hybridized carbons (Fsp3) is 0.300. The Morgan fingerprint density at radius 2 is 1.74 bits per heavy atom. The van der Waals surface area contributed by atoms with Crippen LogP contribution >= 0.6 is 11.6 Å². The predicted octanol–water partition coefficient (Wildman–Crippen LogP) is 2.89. The van der Waals surface area contributed by atoms with Gasteiger partial charge in [-0.25, -0.2) is 0 Å². The highest BCUT2D eigenvalue weighted by Gasteiger charge is 2.15. The van der Waals surface area contributed by atoms with Gasteiger partial charge in [-0.3, -0.25) is 9.59 Å². The van der Waals surface area contributed by atoms with Crippen molar-refractivity contribution in [3.8, 4) is 11.5 Å². The number of methoxy groups -OCH3 is 1. The molecule has 0 spiro atoms. The molecule has 0 saturated heterocycles. The van der Waals surface area contributed by atoms with Crippen LogP contribution in [0.3, 0.4) is 0 Å². The highest BCUT2D eigenvalue weighted by atomic mass is 35.5. The van der Waals surface area contributed by atoms with Crippen LogP contribution in [0, 0.1) is 0 Å². The molecule has 1 N–H and O–H groups in total. The number of rotatable bonds is 9. The molecule has 0 aromatic heterocycles. The Bertz CT molecular complexity index is 765. The summed E-state index contributed by atoms with van der Waals surface area (Å²) in [5, 5.41) is 3.31. The molecule has 0 fully saturated rings. The second-order valence-corrected chi connectivity index (χ2v) is 6.25. The van der Waals surface area contributed by atoms with Gasteiger partial charge in [0, 0.05) is 18.5 Å². The molecule has 0 aliphatic carbocycles. The molecule has 27 heavy (non-hydrogen) atoms. The minimum Gasteiger partial charge on any atom is -0.497 e. The summed E-state index contributed by atoms with van der Waals surface area (Å²) < 4.78 is 10.6. The van der Waals surface area contributed by atoms with Crippen molar-refractivity contribution in [1.29, 1.82) is 0 Å². The lowest BCUT2D eigenvalue weighted by atomic mass is 10.2. The third-order valence-electron chi connectivity index (χ3n) is 3.85. The summed E-state index contributed by atoms with van der Waals surface area (Å²) in [6.07, 6.45) is 0. The number of nitrogens with zero attached hydrogens (tertiary/aromatic N) is 1. The molecule has 7 heteroatoms. The van der Waals surface area contributed by atoms with Gasteiger partial charge in [-0.1, -0.05) is 29.8 Å². The lowest BCUT2D eigenvalue weighted by Gasteiger charge is -2.21. The molecule has 2 aromatic carbocycles. The first kappa shape index (κ1) is 20.6. The van der Waals surface area contributed by atoms with Gasteiger partial charge in [-0.05, 0) is 35.9 Å². The van der Waals surface area contributed by atoms with Crippen molar-refractivity contribution >= 4 is 23.4 Å². The van der Waals surface area contributed by atoms with Gasteiger partial charge in [0.1, 0.15) is 18.1 Å². The number of carbonyl (C=O) groups is 2. The van der Waals surface area contributed by atoms with E-state index < -0.39 is 0 Å². The van der Waals surface area contributed by atoms with Crippen LogP contribution in [0.5, 0.6) is 11.5 Å². The maximum Gasteiger partial charge on any atom is 0.239 e. The van der Waals surface area contributed by atoms with Gasteiger partial charge < -0.3 is 19.7 Å². The summed E-state index contributed by atoms with van der Waals surface area (Å²) in [7, 11) is 1.60. The summed E-state index contributed by atoms with van der Waals surface area (Å²) in [5.41, 5.74) is 0.796. The zero-order valence-electron chi connectivity index (χ0n) is 15.4. The van der Waals surface area contributed by atoms with E-state index in [0.717, 1.165) is 11.3 Å². The quantitative estimate of drug-likeness (QED) is 0.668. The van der Waals surface area contributed by atoms with E-state index in [-0.39, 0.29) is 24.9 Å². The van der Waals surface area contributed by atoms with Gasteiger partial charge in [0.05, 0.1) is 20.2 Å². The van der Waals surface area contributed by atoms with Crippen LogP contribution < -0.4 is 14.8 Å². The van der Waals surface area contributed by atoms with Crippen LogP contribution in [0.25, 0.3) is 0 Å². The fourth-order valence-electron chi connectivity index (χ4n) is 2.37. The van der Waals surface area contributed by atoms with Crippen LogP contribution in [0.1, 0.15) is 12.5 Å². The van der Waals surface area contributed by atoms with E-state index in [1.807, 2.05) is 18.2 Å². The monoisotopic (exact) mass is 390 g/mol. The Kier molecular flexibility index (Phi) is 7.95. The van der Waals surface area contributed by atoms with E-state index in [4.69, 9.17) is 21.1 Å². The minimum absolute atomic E-state index is 0.0386. The molecule has 0 atom stereocenters. The molecule has 2 rings (SSSR count). The molecule has 2 aromatic rings. The zero-order valence-corrected chi connectivity index (χ0v) is 16.2. The van der Waals surface area contributed by atoms with Crippen molar-refractivity contribution < 1.29 is 19.1 Å². The molecule has 0 bridgehead atoms. The molecule has 0 aliphatic rings. The molecule has 0 unspecified atom stereocenters. The van der Waals surface area contributed by atoms with Gasteiger partial charge in [0.15, 0.2) is 0 Å². The van der Waals surface area contributed by atoms with Crippen LogP contribution in [0.2, 0.25) is 5.02 Å². The molecule has 0 radical (unpaired) electrons. The normalized spacial score (nSPS) is 10.2. The third kappa shape index (κ3) is 6.83. The van der Waals surface area contributed by atoms with Crippen LogP contribution in [-0.4, -0.2) is 43.5 Å². The number of ether oxygens (including phenoxy) is 2. The van der Waals surface area contributed by atoms with E-state index in [1.165, 1.54) is 11.8 Å². The molecule has 6 nitrogen and oxygen atoms in total. The number of nitrogens with one attached hydrogen (secondary N) is 1. The van der Waals surface area contributed by atoms with Gasteiger partial charge in [-0.15, -0.1) is 0 Å². The summed E-state index contributed by atoms with van der Waals surface area (Å²) in [6, 6.07) is 14.4. The number of amides is 2. The summed E-state index contributed by atoms with van der Waals surface area (Å²) in [6.45, 7) is 2.33. The van der Waals surface area contributed by atoms with Crippen LogP contribution in [-0.2, 0) is 16.1 Å². The van der Waals surface area contributed by atoms with E-state index >= 15 is 0 Å². The average Bonchev–Trinajstić information content (AvgIpc) is 2.66. The summed E-state index contributed by atoms with van der Waals surface area (Å²) >= 11 is 6.13. The Labute approximate surface area is 164 Å². The first-order valence-corrected chi connectivity index (χ1v) is 8.90. The van der Waals surface area contributed by atoms with Crippen molar-refractivity contribution in [3.05, 3.63) is 59.1 Å². The SMILES string of the molecule is COc1ccc(OCCNC(=O)CN(Cc2ccccc2Cl)C(C)=O)cc1. The standard InChI is InChI=1S/C20H23ClN2O4/c1-15(24)23(13-16-5-3-4-6-19(16)21)14-20(25)22-11-12-27-18-9-7-17(26-2)8-10-18/h3-10H,11-14H2,1-2H3,(H,22,25). The van der Waals surface area contributed by atoms with Crippen molar-refractivity contribution in [2.75, 3.05) is 26.8 Å². The van der Waals surface area contributed by atoms with E-state index in [9.17, 15) is 9.59 Å². The van der Waals surface area contributed by atoms with Gasteiger partial charge >= 0.3 is 0 Å². The Morgan fingerprint density at radius 3 is 2.37 bits per heavy atom. The second kappa shape index (κ2) is 10.4. The van der Waals surface area contributed by atoms with Crippen LogP contribution in [0.4, 0.5) is 0 Å². The second-order valence-electron chi connectivity index (χ2n) is 5.84. The number of hydrogen-bond donors (Lipinski definition) is 1. The molecular formula is C20H23ClN2O4. The molecular weight excluding hydrogens is 368 g/mol. The number of carbonyl (C=O) groups excluding carboxylic acids is 2. The number of halogens is 1. The summed E-state index contributed by atoms with van der Waals surface area (Å²) in [4.78, 5) is 25.4. The molecule has 2 amide bonds.